The molecule has 4 N–H and O–H groups in total. The molecule has 94 valence electrons. The van der Waals surface area contributed by atoms with Crippen LogP contribution in [0.15, 0.2) is 17.3 Å². The van der Waals surface area contributed by atoms with Crippen molar-refractivity contribution in [1.29, 1.82) is 0 Å². The van der Waals surface area contributed by atoms with Crippen LogP contribution in [0.3, 0.4) is 0 Å². The summed E-state index contributed by atoms with van der Waals surface area (Å²) < 4.78 is 26.5. The summed E-state index contributed by atoms with van der Waals surface area (Å²) in [5.74, 6) is 7.07. The van der Waals surface area contributed by atoms with Crippen molar-refractivity contribution in [3.8, 4) is 0 Å². The molecule has 0 spiro atoms. The van der Waals surface area contributed by atoms with Crippen LogP contribution in [-0.4, -0.2) is 35.9 Å². The monoisotopic (exact) mass is 275 g/mol. The highest BCUT2D eigenvalue weighted by atomic mass is 32.2. The van der Waals surface area contributed by atoms with Gasteiger partial charge in [0, 0.05) is 11.8 Å². The Morgan fingerprint density at radius 3 is 2.65 bits per heavy atom. The van der Waals surface area contributed by atoms with E-state index >= 15 is 0 Å². The number of sulfonamides is 1. The second kappa shape index (κ2) is 5.17. The molecular formula is C8H13N5O2S2. The predicted molar refractivity (Wildman–Crippen MR) is 65.9 cm³/mol. The number of nitrogen functional groups attached to an aromatic ring is 1. The number of nitrogens with zero attached hydrogens (tertiary/aromatic N) is 2. The second-order valence-corrected chi connectivity index (χ2v) is 6.43. The minimum absolute atomic E-state index is 0.00249. The number of hydrogen-bond acceptors (Lipinski definition) is 7. The summed E-state index contributed by atoms with van der Waals surface area (Å²) in [6, 6.07) is -0.00249. The molecular weight excluding hydrogens is 262 g/mol. The summed E-state index contributed by atoms with van der Waals surface area (Å²) in [6.45, 7) is 0. The van der Waals surface area contributed by atoms with Gasteiger partial charge < -0.3 is 0 Å². The van der Waals surface area contributed by atoms with Gasteiger partial charge in [0.1, 0.15) is 4.90 Å². The summed E-state index contributed by atoms with van der Waals surface area (Å²) >= 11 is 1.74. The van der Waals surface area contributed by atoms with Crippen molar-refractivity contribution in [2.24, 2.45) is 5.84 Å². The van der Waals surface area contributed by atoms with Crippen LogP contribution >= 0.6 is 11.8 Å². The maximum absolute atomic E-state index is 11.9. The van der Waals surface area contributed by atoms with Gasteiger partial charge >= 0.3 is 0 Å². The first-order valence-electron chi connectivity index (χ1n) is 5.00. The number of hydrazine groups is 1. The maximum Gasteiger partial charge on any atom is 0.243 e. The largest absolute Gasteiger partial charge is 0.292 e. The van der Waals surface area contributed by atoms with Crippen LogP contribution in [-0.2, 0) is 10.0 Å². The molecule has 0 amide bonds. The minimum Gasteiger partial charge on any atom is -0.292 e. The molecule has 1 aliphatic heterocycles. The molecule has 0 bridgehead atoms. The summed E-state index contributed by atoms with van der Waals surface area (Å²) in [7, 11) is -3.53. The van der Waals surface area contributed by atoms with Gasteiger partial charge in [-0.15, -0.1) is 0 Å². The Kier molecular flexibility index (Phi) is 3.82. The van der Waals surface area contributed by atoms with Crippen LogP contribution in [0.25, 0.3) is 0 Å². The van der Waals surface area contributed by atoms with Crippen LogP contribution in [0.1, 0.15) is 6.42 Å². The molecule has 0 aromatic carbocycles. The van der Waals surface area contributed by atoms with E-state index in [0.717, 1.165) is 17.9 Å². The second-order valence-electron chi connectivity index (χ2n) is 3.57. The Hall–Kier alpha value is -0.900. The quantitative estimate of drug-likeness (QED) is 0.504. The summed E-state index contributed by atoms with van der Waals surface area (Å²) in [6.07, 6.45) is 3.31. The van der Waals surface area contributed by atoms with E-state index in [1.807, 2.05) is 0 Å². The highest BCUT2D eigenvalue weighted by Gasteiger charge is 2.23. The molecule has 0 radical (unpaired) electrons. The SMILES string of the molecule is NNc1ncc(S(=O)(=O)NC2CCSC2)cn1. The third kappa shape index (κ3) is 3.06. The van der Waals surface area contributed by atoms with Crippen molar-refractivity contribution >= 4 is 27.7 Å². The van der Waals surface area contributed by atoms with E-state index in [1.165, 1.54) is 12.4 Å². The van der Waals surface area contributed by atoms with Gasteiger partial charge in [0.25, 0.3) is 0 Å². The number of anilines is 1. The van der Waals surface area contributed by atoms with Gasteiger partial charge in [-0.05, 0) is 12.2 Å². The number of thioether (sulfide) groups is 1. The normalized spacial score (nSPS) is 20.4. The zero-order valence-corrected chi connectivity index (χ0v) is 10.6. The Morgan fingerprint density at radius 2 is 2.12 bits per heavy atom. The Labute approximate surface area is 104 Å². The molecule has 7 nitrogen and oxygen atoms in total. The van der Waals surface area contributed by atoms with E-state index in [-0.39, 0.29) is 16.9 Å². The van der Waals surface area contributed by atoms with Crippen molar-refractivity contribution in [2.75, 3.05) is 16.9 Å². The van der Waals surface area contributed by atoms with E-state index < -0.39 is 10.0 Å². The van der Waals surface area contributed by atoms with Crippen LogP contribution < -0.4 is 16.0 Å². The third-order valence-electron chi connectivity index (χ3n) is 2.32. The highest BCUT2D eigenvalue weighted by molar-refractivity contribution is 7.99. The Balaban J connectivity index is 2.12. The van der Waals surface area contributed by atoms with Crippen molar-refractivity contribution in [3.05, 3.63) is 12.4 Å². The van der Waals surface area contributed by atoms with E-state index in [2.05, 4.69) is 20.1 Å². The van der Waals surface area contributed by atoms with Gasteiger partial charge in [-0.25, -0.2) is 29.0 Å². The zero-order chi connectivity index (χ0) is 12.3. The van der Waals surface area contributed by atoms with E-state index in [9.17, 15) is 8.42 Å². The molecule has 1 aromatic heterocycles. The molecule has 1 saturated heterocycles. The predicted octanol–water partition coefficient (Wildman–Crippen LogP) is -0.454. The summed E-state index contributed by atoms with van der Waals surface area (Å²) in [5.41, 5.74) is 2.24. The fourth-order valence-electron chi connectivity index (χ4n) is 1.44. The summed E-state index contributed by atoms with van der Waals surface area (Å²) in [5, 5.41) is 0. The first-order chi connectivity index (χ1) is 8.12. The zero-order valence-electron chi connectivity index (χ0n) is 8.96. The van der Waals surface area contributed by atoms with Crippen LogP contribution in [0, 0.1) is 0 Å². The lowest BCUT2D eigenvalue weighted by Crippen LogP contribution is -2.34. The van der Waals surface area contributed by atoms with Crippen LogP contribution in [0.5, 0.6) is 0 Å². The van der Waals surface area contributed by atoms with Gasteiger partial charge in [0.2, 0.25) is 16.0 Å². The molecule has 2 rings (SSSR count). The number of aromatic nitrogens is 2. The molecule has 0 aliphatic carbocycles. The van der Waals surface area contributed by atoms with E-state index in [0.29, 0.717) is 0 Å². The number of rotatable bonds is 4. The van der Waals surface area contributed by atoms with Crippen molar-refractivity contribution in [2.45, 2.75) is 17.4 Å². The topological polar surface area (TPSA) is 110 Å². The smallest absolute Gasteiger partial charge is 0.243 e. The molecule has 1 fully saturated rings. The fraction of sp³-hybridized carbons (Fsp3) is 0.500. The van der Waals surface area contributed by atoms with E-state index in [4.69, 9.17) is 5.84 Å². The van der Waals surface area contributed by atoms with Gasteiger partial charge in [-0.2, -0.15) is 11.8 Å². The Bertz CT molecular complexity index is 469. The lowest BCUT2D eigenvalue weighted by atomic mass is 10.3. The van der Waals surface area contributed by atoms with Gasteiger partial charge in [0.05, 0.1) is 12.4 Å². The third-order valence-corrected chi connectivity index (χ3v) is 4.96. The molecule has 9 heteroatoms. The molecule has 1 unspecified atom stereocenters. The fourth-order valence-corrected chi connectivity index (χ4v) is 3.86. The van der Waals surface area contributed by atoms with Crippen LogP contribution in [0.4, 0.5) is 5.95 Å². The van der Waals surface area contributed by atoms with Crippen molar-refractivity contribution < 1.29 is 8.42 Å². The summed E-state index contributed by atoms with van der Waals surface area (Å²) in [4.78, 5) is 7.58. The molecule has 1 atom stereocenters. The first-order valence-corrected chi connectivity index (χ1v) is 7.64. The first kappa shape index (κ1) is 12.6. The molecule has 2 heterocycles. The molecule has 1 aliphatic rings. The average molecular weight is 275 g/mol. The standard InChI is InChI=1S/C8H13N5O2S2/c9-12-8-10-3-7(4-11-8)17(14,15)13-6-1-2-16-5-6/h3-4,6,13H,1-2,5,9H2,(H,10,11,12). The molecule has 17 heavy (non-hydrogen) atoms. The van der Waals surface area contributed by atoms with Crippen molar-refractivity contribution in [1.82, 2.24) is 14.7 Å². The van der Waals surface area contributed by atoms with Gasteiger partial charge in [-0.1, -0.05) is 0 Å². The lowest BCUT2D eigenvalue weighted by Gasteiger charge is -2.11. The van der Waals surface area contributed by atoms with Gasteiger partial charge in [-0.3, -0.25) is 5.43 Å². The molecule has 1 aromatic rings. The van der Waals surface area contributed by atoms with E-state index in [1.54, 1.807) is 11.8 Å². The lowest BCUT2D eigenvalue weighted by molar-refractivity contribution is 0.562. The maximum atomic E-state index is 11.9. The minimum atomic E-state index is -3.53. The average Bonchev–Trinajstić information content (AvgIpc) is 2.81. The van der Waals surface area contributed by atoms with Gasteiger partial charge in [0.15, 0.2) is 0 Å². The molecule has 0 saturated carbocycles. The number of nitrogens with two attached hydrogens (primary N) is 1. The van der Waals surface area contributed by atoms with Crippen molar-refractivity contribution in [3.63, 3.8) is 0 Å². The van der Waals surface area contributed by atoms with Crippen LogP contribution in [0.2, 0.25) is 0 Å². The number of hydrogen-bond donors (Lipinski definition) is 3. The highest BCUT2D eigenvalue weighted by Crippen LogP contribution is 2.19. The Morgan fingerprint density at radius 1 is 1.41 bits per heavy atom. The number of nitrogens with one attached hydrogen (secondary N) is 2.